The van der Waals surface area contributed by atoms with E-state index in [0.29, 0.717) is 44.1 Å². The second-order valence-electron chi connectivity index (χ2n) is 5.95. The van der Waals surface area contributed by atoms with E-state index in [9.17, 15) is 14.4 Å². The topological polar surface area (TPSA) is 114 Å². The Labute approximate surface area is 152 Å². The average Bonchev–Trinajstić information content (AvgIpc) is 2.80. The first-order valence-corrected chi connectivity index (χ1v) is 8.25. The molecule has 0 unspecified atom stereocenters. The molecule has 0 atom stereocenters. The van der Waals surface area contributed by atoms with Crippen LogP contribution in [0.2, 0.25) is 0 Å². The van der Waals surface area contributed by atoms with Gasteiger partial charge in [-0.15, -0.1) is 0 Å². The summed E-state index contributed by atoms with van der Waals surface area (Å²) in [7, 11) is 3.22. The monoisotopic (exact) mass is 364 g/mol. The molecule has 1 aliphatic rings. The number of nitrogens with two attached hydrogens (primary N) is 1. The SMILES string of the molecule is COc1cc(CNC(=O)N2CCC(=O)N(C)CC2)ccc1OCC(N)=O. The van der Waals surface area contributed by atoms with E-state index < -0.39 is 5.91 Å². The van der Waals surface area contributed by atoms with Crippen molar-refractivity contribution in [3.63, 3.8) is 0 Å². The molecule has 9 nitrogen and oxygen atoms in total. The van der Waals surface area contributed by atoms with E-state index >= 15 is 0 Å². The lowest BCUT2D eigenvalue weighted by atomic mass is 10.2. The molecule has 3 N–H and O–H groups in total. The number of ether oxygens (including phenoxy) is 2. The summed E-state index contributed by atoms with van der Waals surface area (Å²) in [5, 5.41) is 2.83. The molecule has 4 amide bonds. The van der Waals surface area contributed by atoms with Gasteiger partial charge in [-0.1, -0.05) is 6.07 Å². The van der Waals surface area contributed by atoms with Gasteiger partial charge in [-0.25, -0.2) is 4.79 Å². The fraction of sp³-hybridized carbons (Fsp3) is 0.471. The summed E-state index contributed by atoms with van der Waals surface area (Å²) in [6.07, 6.45) is 0.323. The number of rotatable bonds is 6. The number of likely N-dealkylation sites (N-methyl/N-ethyl adjacent to an activating group) is 1. The van der Waals surface area contributed by atoms with Crippen molar-refractivity contribution in [2.24, 2.45) is 5.73 Å². The van der Waals surface area contributed by atoms with E-state index in [4.69, 9.17) is 15.2 Å². The van der Waals surface area contributed by atoms with E-state index in [-0.39, 0.29) is 18.5 Å². The van der Waals surface area contributed by atoms with Gasteiger partial charge in [-0.05, 0) is 17.7 Å². The molecule has 1 aromatic rings. The first kappa shape index (κ1) is 19.4. The number of carbonyl (C=O) groups excluding carboxylic acids is 3. The Morgan fingerprint density at radius 3 is 2.69 bits per heavy atom. The summed E-state index contributed by atoms with van der Waals surface area (Å²) < 4.78 is 10.5. The van der Waals surface area contributed by atoms with Gasteiger partial charge < -0.3 is 30.3 Å². The lowest BCUT2D eigenvalue weighted by molar-refractivity contribution is -0.129. The highest BCUT2D eigenvalue weighted by atomic mass is 16.5. The molecule has 9 heteroatoms. The highest BCUT2D eigenvalue weighted by Gasteiger charge is 2.21. The lowest BCUT2D eigenvalue weighted by Gasteiger charge is -2.21. The number of hydrogen-bond acceptors (Lipinski definition) is 5. The second-order valence-corrected chi connectivity index (χ2v) is 5.95. The first-order valence-electron chi connectivity index (χ1n) is 8.25. The number of nitrogens with one attached hydrogen (secondary N) is 1. The molecule has 1 fully saturated rings. The van der Waals surface area contributed by atoms with E-state index in [0.717, 1.165) is 5.56 Å². The van der Waals surface area contributed by atoms with Crippen molar-refractivity contribution in [3.8, 4) is 11.5 Å². The maximum Gasteiger partial charge on any atom is 0.317 e. The number of urea groups is 1. The minimum Gasteiger partial charge on any atom is -0.493 e. The number of benzene rings is 1. The minimum absolute atomic E-state index is 0.0385. The predicted molar refractivity (Wildman–Crippen MR) is 93.7 cm³/mol. The molecular formula is C17H24N4O5. The van der Waals surface area contributed by atoms with Gasteiger partial charge >= 0.3 is 6.03 Å². The van der Waals surface area contributed by atoms with E-state index in [1.54, 1.807) is 35.0 Å². The number of hydrogen-bond donors (Lipinski definition) is 2. The van der Waals surface area contributed by atoms with Crippen molar-refractivity contribution in [1.29, 1.82) is 0 Å². The van der Waals surface area contributed by atoms with Crippen LogP contribution in [0.15, 0.2) is 18.2 Å². The van der Waals surface area contributed by atoms with E-state index in [1.807, 2.05) is 0 Å². The molecule has 2 rings (SSSR count). The molecule has 1 heterocycles. The van der Waals surface area contributed by atoms with Gasteiger partial charge in [0.15, 0.2) is 18.1 Å². The second kappa shape index (κ2) is 8.93. The number of nitrogens with zero attached hydrogens (tertiary/aromatic N) is 2. The van der Waals surface area contributed by atoms with Crippen LogP contribution < -0.4 is 20.5 Å². The number of carbonyl (C=O) groups is 3. The van der Waals surface area contributed by atoms with Crippen LogP contribution in [-0.4, -0.2) is 68.0 Å². The summed E-state index contributed by atoms with van der Waals surface area (Å²) in [4.78, 5) is 38.1. The molecule has 0 saturated carbocycles. The molecule has 1 aliphatic heterocycles. The molecule has 0 radical (unpaired) electrons. The van der Waals surface area contributed by atoms with E-state index in [1.165, 1.54) is 7.11 Å². The summed E-state index contributed by atoms with van der Waals surface area (Å²) in [5.41, 5.74) is 5.87. The fourth-order valence-corrected chi connectivity index (χ4v) is 2.51. The lowest BCUT2D eigenvalue weighted by Crippen LogP contribution is -2.41. The summed E-state index contributed by atoms with van der Waals surface area (Å²) in [6, 6.07) is 4.92. The number of methoxy groups -OCH3 is 1. The molecule has 1 aromatic carbocycles. The van der Waals surface area contributed by atoms with Gasteiger partial charge in [0.1, 0.15) is 0 Å². The van der Waals surface area contributed by atoms with E-state index in [2.05, 4.69) is 5.32 Å². The third kappa shape index (κ3) is 5.27. The first-order chi connectivity index (χ1) is 12.4. The number of amides is 4. The highest BCUT2D eigenvalue weighted by molar-refractivity contribution is 5.79. The maximum absolute atomic E-state index is 12.3. The number of primary amides is 1. The zero-order chi connectivity index (χ0) is 19.1. The van der Waals surface area contributed by atoms with Crippen molar-refractivity contribution >= 4 is 17.8 Å². The molecule has 26 heavy (non-hydrogen) atoms. The third-order valence-electron chi connectivity index (χ3n) is 4.06. The molecule has 0 spiro atoms. The Kier molecular flexibility index (Phi) is 6.65. The molecule has 0 aromatic heterocycles. The third-order valence-corrected chi connectivity index (χ3v) is 4.06. The Balaban J connectivity index is 1.93. The molecule has 0 aliphatic carbocycles. The van der Waals surface area contributed by atoms with Gasteiger partial charge in [-0.2, -0.15) is 0 Å². The van der Waals surface area contributed by atoms with Gasteiger partial charge in [-0.3, -0.25) is 9.59 Å². The standard InChI is InChI=1S/C17H24N4O5/c1-20-7-8-21(6-5-16(20)23)17(24)19-10-12-3-4-13(14(9-12)25-2)26-11-15(18)22/h3-4,9H,5-8,10-11H2,1-2H3,(H2,18,22)(H,19,24). The van der Waals surface area contributed by atoms with Crippen molar-refractivity contribution in [3.05, 3.63) is 23.8 Å². The zero-order valence-electron chi connectivity index (χ0n) is 15.0. The smallest absolute Gasteiger partial charge is 0.317 e. The predicted octanol–water partition coefficient (Wildman–Crippen LogP) is -0.0670. The molecule has 0 bridgehead atoms. The summed E-state index contributed by atoms with van der Waals surface area (Å²) >= 11 is 0. The van der Waals surface area contributed by atoms with Crippen molar-refractivity contribution in [2.45, 2.75) is 13.0 Å². The Bertz CT molecular complexity index is 679. The summed E-state index contributed by atoms with van der Waals surface area (Å²) in [5.74, 6) is 0.303. The minimum atomic E-state index is -0.579. The van der Waals surface area contributed by atoms with Gasteiger partial charge in [0, 0.05) is 39.6 Å². The van der Waals surface area contributed by atoms with Crippen molar-refractivity contribution in [2.75, 3.05) is 40.4 Å². The molecular weight excluding hydrogens is 340 g/mol. The van der Waals surface area contributed by atoms with Crippen LogP contribution in [0.5, 0.6) is 11.5 Å². The quantitative estimate of drug-likeness (QED) is 0.734. The van der Waals surface area contributed by atoms with Crippen LogP contribution in [0.3, 0.4) is 0 Å². The van der Waals surface area contributed by atoms with Crippen LogP contribution in [0.1, 0.15) is 12.0 Å². The fourth-order valence-electron chi connectivity index (χ4n) is 2.51. The Morgan fingerprint density at radius 2 is 2.00 bits per heavy atom. The zero-order valence-corrected chi connectivity index (χ0v) is 15.0. The van der Waals surface area contributed by atoms with Crippen LogP contribution in [0.4, 0.5) is 4.79 Å². The van der Waals surface area contributed by atoms with Crippen LogP contribution in [0, 0.1) is 0 Å². The molecule has 1 saturated heterocycles. The Hall–Kier alpha value is -2.97. The van der Waals surface area contributed by atoms with Gasteiger partial charge in [0.25, 0.3) is 5.91 Å². The Morgan fingerprint density at radius 1 is 1.23 bits per heavy atom. The van der Waals surface area contributed by atoms with Crippen molar-refractivity contribution in [1.82, 2.24) is 15.1 Å². The average molecular weight is 364 g/mol. The van der Waals surface area contributed by atoms with Crippen LogP contribution in [0.25, 0.3) is 0 Å². The largest absolute Gasteiger partial charge is 0.493 e. The molecule has 142 valence electrons. The highest BCUT2D eigenvalue weighted by Crippen LogP contribution is 2.28. The maximum atomic E-state index is 12.3. The van der Waals surface area contributed by atoms with Crippen molar-refractivity contribution < 1.29 is 23.9 Å². The van der Waals surface area contributed by atoms with Gasteiger partial charge in [0.05, 0.1) is 7.11 Å². The normalized spacial score (nSPS) is 14.6. The van der Waals surface area contributed by atoms with Crippen LogP contribution >= 0.6 is 0 Å². The van der Waals surface area contributed by atoms with Gasteiger partial charge in [0.2, 0.25) is 5.91 Å². The van der Waals surface area contributed by atoms with Crippen LogP contribution in [-0.2, 0) is 16.1 Å². The summed E-state index contributed by atoms with van der Waals surface area (Å²) in [6.45, 7) is 1.47.